The fraction of sp³-hybridized carbons (Fsp3) is 0.136. The summed E-state index contributed by atoms with van der Waals surface area (Å²) >= 11 is 0. The fourth-order valence-electron chi connectivity index (χ4n) is 3.03. The first-order valence-corrected chi connectivity index (χ1v) is 11.0. The number of carbonyl (C=O) groups excluding carboxylic acids is 1. The monoisotopic (exact) mass is 442 g/mol. The van der Waals surface area contributed by atoms with E-state index in [2.05, 4.69) is 10.0 Å². The van der Waals surface area contributed by atoms with Crippen LogP contribution in [-0.4, -0.2) is 27.5 Å². The first-order valence-electron chi connectivity index (χ1n) is 9.51. The molecule has 0 saturated carbocycles. The highest BCUT2D eigenvalue weighted by Crippen LogP contribution is 2.32. The van der Waals surface area contributed by atoms with Crippen molar-refractivity contribution in [3.63, 3.8) is 0 Å². The minimum atomic E-state index is -4.01. The highest BCUT2D eigenvalue weighted by Gasteiger charge is 2.19. The normalized spacial score (nSPS) is 13.2. The largest absolute Gasteiger partial charge is 0.490 e. The Kier molecular flexibility index (Phi) is 5.77. The summed E-state index contributed by atoms with van der Waals surface area (Å²) in [5.41, 5.74) is 0.699. The SMILES string of the molecule is O=C(Nc1ccc2c(c1)OCCCO2)c1ccccc1NS(=O)(=O)c1ccc(F)cc1. The van der Waals surface area contributed by atoms with Gasteiger partial charge in [0.1, 0.15) is 5.82 Å². The molecule has 1 heterocycles. The molecule has 7 nitrogen and oxygen atoms in total. The highest BCUT2D eigenvalue weighted by atomic mass is 32.2. The Hall–Kier alpha value is -3.59. The van der Waals surface area contributed by atoms with Crippen molar-refractivity contribution in [2.24, 2.45) is 0 Å². The Labute approximate surface area is 178 Å². The van der Waals surface area contributed by atoms with Crippen LogP contribution in [0.15, 0.2) is 71.6 Å². The number of hydrogen-bond donors (Lipinski definition) is 2. The van der Waals surface area contributed by atoms with E-state index < -0.39 is 21.7 Å². The third-order valence-corrected chi connectivity index (χ3v) is 5.93. The quantitative estimate of drug-likeness (QED) is 0.622. The molecule has 0 radical (unpaired) electrons. The van der Waals surface area contributed by atoms with Gasteiger partial charge in [0.05, 0.1) is 29.4 Å². The van der Waals surface area contributed by atoms with Crippen molar-refractivity contribution in [3.8, 4) is 11.5 Å². The van der Waals surface area contributed by atoms with E-state index >= 15 is 0 Å². The van der Waals surface area contributed by atoms with E-state index in [9.17, 15) is 17.6 Å². The molecule has 1 amide bonds. The molecule has 0 fully saturated rings. The Morgan fingerprint density at radius 2 is 1.61 bits per heavy atom. The van der Waals surface area contributed by atoms with Crippen LogP contribution in [0, 0.1) is 5.82 Å². The average molecular weight is 442 g/mol. The highest BCUT2D eigenvalue weighted by molar-refractivity contribution is 7.92. The molecule has 0 atom stereocenters. The van der Waals surface area contributed by atoms with Crippen LogP contribution in [0.1, 0.15) is 16.8 Å². The number of halogens is 1. The molecule has 1 aliphatic heterocycles. The van der Waals surface area contributed by atoms with Gasteiger partial charge < -0.3 is 14.8 Å². The summed E-state index contributed by atoms with van der Waals surface area (Å²) in [6, 6.07) is 15.7. The fourth-order valence-corrected chi connectivity index (χ4v) is 4.11. The third-order valence-electron chi connectivity index (χ3n) is 4.55. The topological polar surface area (TPSA) is 93.7 Å². The third kappa shape index (κ3) is 4.77. The molecule has 2 N–H and O–H groups in total. The van der Waals surface area contributed by atoms with Crippen LogP contribution in [0.5, 0.6) is 11.5 Å². The van der Waals surface area contributed by atoms with Crippen molar-refractivity contribution in [1.82, 2.24) is 0 Å². The Morgan fingerprint density at radius 1 is 0.903 bits per heavy atom. The molecule has 1 aliphatic rings. The molecule has 0 spiro atoms. The number of ether oxygens (including phenoxy) is 2. The number of anilines is 2. The lowest BCUT2D eigenvalue weighted by molar-refractivity contribution is 0.102. The molecule has 9 heteroatoms. The van der Waals surface area contributed by atoms with Gasteiger partial charge in [0.15, 0.2) is 11.5 Å². The molecule has 3 aromatic rings. The van der Waals surface area contributed by atoms with Crippen molar-refractivity contribution < 1.29 is 27.1 Å². The zero-order chi connectivity index (χ0) is 21.8. The van der Waals surface area contributed by atoms with E-state index in [1.807, 2.05) is 0 Å². The molecule has 0 bridgehead atoms. The van der Waals surface area contributed by atoms with Gasteiger partial charge in [-0.05, 0) is 48.5 Å². The van der Waals surface area contributed by atoms with Crippen LogP contribution in [0.4, 0.5) is 15.8 Å². The maximum absolute atomic E-state index is 13.1. The number of rotatable bonds is 5. The second kappa shape index (κ2) is 8.65. The van der Waals surface area contributed by atoms with Crippen LogP contribution >= 0.6 is 0 Å². The summed E-state index contributed by atoms with van der Waals surface area (Å²) in [4.78, 5) is 12.8. The van der Waals surface area contributed by atoms with Crippen LogP contribution < -0.4 is 19.5 Å². The Morgan fingerprint density at radius 3 is 2.39 bits per heavy atom. The maximum atomic E-state index is 13.1. The second-order valence-corrected chi connectivity index (χ2v) is 8.45. The lowest BCUT2D eigenvalue weighted by Gasteiger charge is -2.14. The van der Waals surface area contributed by atoms with Crippen LogP contribution in [0.2, 0.25) is 0 Å². The number of fused-ring (bicyclic) bond motifs is 1. The number of hydrogen-bond acceptors (Lipinski definition) is 5. The van der Waals surface area contributed by atoms with Gasteiger partial charge >= 0.3 is 0 Å². The zero-order valence-electron chi connectivity index (χ0n) is 16.3. The van der Waals surface area contributed by atoms with Crippen molar-refractivity contribution in [1.29, 1.82) is 0 Å². The lowest BCUT2D eigenvalue weighted by Crippen LogP contribution is -2.18. The molecule has 0 aliphatic carbocycles. The van der Waals surface area contributed by atoms with Crippen LogP contribution in [0.3, 0.4) is 0 Å². The molecule has 0 saturated heterocycles. The van der Waals surface area contributed by atoms with Gasteiger partial charge in [-0.2, -0.15) is 0 Å². The van der Waals surface area contributed by atoms with Gasteiger partial charge in [0, 0.05) is 18.2 Å². The van der Waals surface area contributed by atoms with E-state index in [0.717, 1.165) is 30.7 Å². The number of nitrogens with one attached hydrogen (secondary N) is 2. The average Bonchev–Trinajstić information content (AvgIpc) is 2.99. The molecule has 3 aromatic carbocycles. The van der Waals surface area contributed by atoms with E-state index in [4.69, 9.17) is 9.47 Å². The van der Waals surface area contributed by atoms with Crippen LogP contribution in [-0.2, 0) is 10.0 Å². The van der Waals surface area contributed by atoms with Crippen molar-refractivity contribution >= 4 is 27.3 Å². The van der Waals surface area contributed by atoms with Gasteiger partial charge in [-0.1, -0.05) is 12.1 Å². The van der Waals surface area contributed by atoms with Gasteiger partial charge in [0.25, 0.3) is 15.9 Å². The summed E-state index contributed by atoms with van der Waals surface area (Å²) in [5.74, 6) is 0.0734. The van der Waals surface area contributed by atoms with Crippen molar-refractivity contribution in [2.45, 2.75) is 11.3 Å². The smallest absolute Gasteiger partial charge is 0.261 e. The number of benzene rings is 3. The van der Waals surface area contributed by atoms with Gasteiger partial charge in [-0.15, -0.1) is 0 Å². The summed E-state index contributed by atoms with van der Waals surface area (Å²) in [6.45, 7) is 1.07. The van der Waals surface area contributed by atoms with Crippen LogP contribution in [0.25, 0.3) is 0 Å². The molecular weight excluding hydrogens is 423 g/mol. The van der Waals surface area contributed by atoms with E-state index in [1.165, 1.54) is 12.1 Å². The van der Waals surface area contributed by atoms with Gasteiger partial charge in [-0.25, -0.2) is 12.8 Å². The molecular formula is C22H19FN2O5S. The Balaban J connectivity index is 1.56. The van der Waals surface area contributed by atoms with E-state index in [1.54, 1.807) is 30.3 Å². The standard InChI is InChI=1S/C22H19FN2O5S/c23-15-6-9-17(10-7-15)31(27,28)25-19-5-2-1-4-18(19)22(26)24-16-8-11-20-21(14-16)30-13-3-12-29-20/h1-2,4-11,14,25H,3,12-13H2,(H,24,26). The Bertz CT molecular complexity index is 1210. The van der Waals surface area contributed by atoms with E-state index in [0.29, 0.717) is 30.4 Å². The summed E-state index contributed by atoms with van der Waals surface area (Å²) in [7, 11) is -4.01. The minimum absolute atomic E-state index is 0.0960. The zero-order valence-corrected chi connectivity index (χ0v) is 17.1. The van der Waals surface area contributed by atoms with E-state index in [-0.39, 0.29) is 16.1 Å². The molecule has 160 valence electrons. The molecule has 4 rings (SSSR count). The van der Waals surface area contributed by atoms with Crippen molar-refractivity contribution in [3.05, 3.63) is 78.1 Å². The molecule has 0 aromatic heterocycles. The number of sulfonamides is 1. The first-order chi connectivity index (χ1) is 14.9. The molecule has 0 unspecified atom stereocenters. The predicted molar refractivity (Wildman–Crippen MR) is 114 cm³/mol. The second-order valence-electron chi connectivity index (χ2n) is 6.77. The van der Waals surface area contributed by atoms with Gasteiger partial charge in [-0.3, -0.25) is 9.52 Å². The van der Waals surface area contributed by atoms with Gasteiger partial charge in [0.2, 0.25) is 0 Å². The predicted octanol–water partition coefficient (Wildman–Crippen LogP) is 4.04. The first kappa shape index (κ1) is 20.7. The number of para-hydroxylation sites is 1. The summed E-state index contributed by atoms with van der Waals surface area (Å²) in [6.07, 6.45) is 0.762. The maximum Gasteiger partial charge on any atom is 0.261 e. The minimum Gasteiger partial charge on any atom is -0.490 e. The number of amides is 1. The lowest BCUT2D eigenvalue weighted by atomic mass is 10.1. The van der Waals surface area contributed by atoms with Crippen molar-refractivity contribution in [2.75, 3.05) is 23.3 Å². The summed E-state index contributed by atoms with van der Waals surface area (Å²) in [5, 5.41) is 2.74. The molecule has 31 heavy (non-hydrogen) atoms. The number of carbonyl (C=O) groups is 1. The summed E-state index contributed by atoms with van der Waals surface area (Å²) < 4.78 is 52.0.